The summed E-state index contributed by atoms with van der Waals surface area (Å²) in [5, 5.41) is 0. The van der Waals surface area contributed by atoms with E-state index in [9.17, 15) is 13.2 Å². The third-order valence-corrected chi connectivity index (χ3v) is 2.02. The normalized spacial score (nSPS) is 13.4. The van der Waals surface area contributed by atoms with Gasteiger partial charge in [0, 0.05) is 14.1 Å². The average molecular weight is 251 g/mol. The van der Waals surface area contributed by atoms with Crippen LogP contribution < -0.4 is 21.9 Å². The van der Waals surface area contributed by atoms with Crippen LogP contribution in [-0.2, 0) is 10.2 Å². The van der Waals surface area contributed by atoms with Crippen LogP contribution in [-0.4, -0.2) is 45.4 Å². The molecule has 0 bridgehead atoms. The second-order valence-electron chi connectivity index (χ2n) is 2.76. The summed E-state index contributed by atoms with van der Waals surface area (Å²) in [6.45, 7) is 0. The lowest BCUT2D eigenvalue weighted by molar-refractivity contribution is 0.253. The van der Waals surface area contributed by atoms with E-state index in [0.717, 1.165) is 0 Å². The van der Waals surface area contributed by atoms with Gasteiger partial charge in [0.25, 0.3) is 0 Å². The van der Waals surface area contributed by atoms with Gasteiger partial charge in [-0.25, -0.2) is 9.52 Å². The highest BCUT2D eigenvalue weighted by atomic mass is 32.2. The molecule has 0 saturated carbocycles. The lowest BCUT2D eigenvalue weighted by Crippen LogP contribution is -2.36. The second-order valence-corrected chi connectivity index (χ2v) is 4.09. The molecule has 2 amide bonds. The second kappa shape index (κ2) is 5.16. The quantitative estimate of drug-likeness (QED) is 0.303. The minimum absolute atomic E-state index is 0.0458. The molecule has 0 aromatic heterocycles. The third kappa shape index (κ3) is 5.64. The topological polar surface area (TPSA) is 169 Å². The predicted octanol–water partition coefficient (Wildman–Crippen LogP) is -2.91. The molecular weight excluding hydrogens is 238 g/mol. The third-order valence-electron chi connectivity index (χ3n) is 1.13. The smallest absolute Gasteiger partial charge is 0.349 e. The number of urea groups is 1. The number of amides is 2. The van der Waals surface area contributed by atoms with E-state index in [1.807, 2.05) is 0 Å². The standard InChI is InChI=1S/C5H13N7O3S/c1-12(2)4(7)9-3(6)10-16(14,15)11-5(8)13/h1-2H3,(H3,8,11,13)(H4,6,7,9,10). The van der Waals surface area contributed by atoms with Crippen LogP contribution >= 0.6 is 0 Å². The van der Waals surface area contributed by atoms with E-state index in [0.29, 0.717) is 0 Å². The molecule has 0 rings (SSSR count). The van der Waals surface area contributed by atoms with Gasteiger partial charge in [0.1, 0.15) is 0 Å². The van der Waals surface area contributed by atoms with Crippen LogP contribution in [0, 0.1) is 0 Å². The van der Waals surface area contributed by atoms with Gasteiger partial charge in [-0.05, 0) is 0 Å². The van der Waals surface area contributed by atoms with Crippen molar-refractivity contribution in [1.29, 1.82) is 0 Å². The highest BCUT2D eigenvalue weighted by Gasteiger charge is 2.11. The van der Waals surface area contributed by atoms with Crippen molar-refractivity contribution in [1.82, 2.24) is 9.62 Å². The molecule has 11 heteroatoms. The molecule has 0 radical (unpaired) electrons. The Morgan fingerprint density at radius 2 is 1.75 bits per heavy atom. The molecule has 0 aromatic carbocycles. The molecule has 0 heterocycles. The van der Waals surface area contributed by atoms with Crippen molar-refractivity contribution in [3.8, 4) is 0 Å². The van der Waals surface area contributed by atoms with E-state index in [1.165, 1.54) is 9.62 Å². The van der Waals surface area contributed by atoms with Gasteiger partial charge in [-0.2, -0.15) is 13.4 Å². The van der Waals surface area contributed by atoms with E-state index < -0.39 is 22.2 Å². The van der Waals surface area contributed by atoms with Crippen LogP contribution in [0.15, 0.2) is 9.39 Å². The molecule has 0 aromatic rings. The van der Waals surface area contributed by atoms with Gasteiger partial charge in [0.05, 0.1) is 0 Å². The number of rotatable bonds is 2. The van der Waals surface area contributed by atoms with Gasteiger partial charge in [-0.3, -0.25) is 0 Å². The Labute approximate surface area is 92.4 Å². The molecule has 0 aliphatic heterocycles. The maximum Gasteiger partial charge on any atom is 0.349 e. The molecule has 7 N–H and O–H groups in total. The number of nitrogens with zero attached hydrogens (tertiary/aromatic N) is 3. The van der Waals surface area contributed by atoms with E-state index in [4.69, 9.17) is 11.5 Å². The number of hydrogen-bond donors (Lipinski definition) is 4. The molecule has 0 fully saturated rings. The first-order valence-electron chi connectivity index (χ1n) is 3.83. The van der Waals surface area contributed by atoms with Crippen molar-refractivity contribution < 1.29 is 13.2 Å². The van der Waals surface area contributed by atoms with Crippen LogP contribution in [0.3, 0.4) is 0 Å². The number of carbonyl (C=O) groups is 1. The van der Waals surface area contributed by atoms with Crippen LogP contribution in [0.25, 0.3) is 0 Å². The fourth-order valence-electron chi connectivity index (χ4n) is 0.511. The summed E-state index contributed by atoms with van der Waals surface area (Å²) in [6, 6.07) is -1.28. The lowest BCUT2D eigenvalue weighted by Gasteiger charge is -2.09. The van der Waals surface area contributed by atoms with Gasteiger partial charge in [-0.1, -0.05) is 0 Å². The summed E-state index contributed by atoms with van der Waals surface area (Å²) >= 11 is 0. The summed E-state index contributed by atoms with van der Waals surface area (Å²) in [7, 11) is -1.15. The van der Waals surface area contributed by atoms with Gasteiger partial charge in [0.2, 0.25) is 5.96 Å². The number of primary amides is 1. The van der Waals surface area contributed by atoms with Crippen molar-refractivity contribution in [3.05, 3.63) is 0 Å². The van der Waals surface area contributed by atoms with Crippen LogP contribution in [0.5, 0.6) is 0 Å². The van der Waals surface area contributed by atoms with Crippen molar-refractivity contribution >= 4 is 28.2 Å². The zero-order valence-electron chi connectivity index (χ0n) is 8.71. The van der Waals surface area contributed by atoms with Crippen molar-refractivity contribution in [2.24, 2.45) is 26.6 Å². The van der Waals surface area contributed by atoms with Gasteiger partial charge >= 0.3 is 16.2 Å². The largest absolute Gasteiger partial charge is 0.369 e. The summed E-state index contributed by atoms with van der Waals surface area (Å²) in [5.41, 5.74) is 15.1. The molecular formula is C5H13N7O3S. The number of aliphatic imine (C=N–C) groups is 1. The first kappa shape index (κ1) is 14.0. The predicted molar refractivity (Wildman–Crippen MR) is 58.6 cm³/mol. The van der Waals surface area contributed by atoms with Gasteiger partial charge in [0.15, 0.2) is 5.96 Å². The Morgan fingerprint density at radius 1 is 1.25 bits per heavy atom. The minimum atomic E-state index is -4.29. The van der Waals surface area contributed by atoms with Crippen LogP contribution in [0.4, 0.5) is 4.79 Å². The number of guanidine groups is 2. The van der Waals surface area contributed by atoms with Crippen molar-refractivity contribution in [2.75, 3.05) is 14.1 Å². The Morgan fingerprint density at radius 3 is 2.12 bits per heavy atom. The summed E-state index contributed by atoms with van der Waals surface area (Å²) in [6.07, 6.45) is 0. The molecule has 16 heavy (non-hydrogen) atoms. The number of hydrogen-bond acceptors (Lipinski definition) is 3. The Kier molecular flexibility index (Phi) is 4.50. The zero-order chi connectivity index (χ0) is 12.9. The van der Waals surface area contributed by atoms with Crippen molar-refractivity contribution in [3.63, 3.8) is 0 Å². The average Bonchev–Trinajstić information content (AvgIpc) is 1.98. The molecule has 0 aliphatic rings. The van der Waals surface area contributed by atoms with Gasteiger partial charge in [-0.15, -0.1) is 4.40 Å². The minimum Gasteiger partial charge on any atom is -0.369 e. The monoisotopic (exact) mass is 251 g/mol. The molecule has 0 saturated heterocycles. The molecule has 92 valence electrons. The Bertz CT molecular complexity index is 423. The SMILES string of the molecule is CN(C)C(N)=NC(N)=NS(=O)(=O)NC(N)=O. The number of nitrogens with one attached hydrogen (secondary N) is 1. The molecule has 0 atom stereocenters. The van der Waals surface area contributed by atoms with E-state index >= 15 is 0 Å². The first-order valence-corrected chi connectivity index (χ1v) is 5.27. The number of nitrogens with two attached hydrogens (primary N) is 3. The maximum absolute atomic E-state index is 11.0. The zero-order valence-corrected chi connectivity index (χ0v) is 9.52. The van der Waals surface area contributed by atoms with Crippen molar-refractivity contribution in [2.45, 2.75) is 0 Å². The van der Waals surface area contributed by atoms with E-state index in [-0.39, 0.29) is 5.96 Å². The molecule has 0 aliphatic carbocycles. The first-order chi connectivity index (χ1) is 7.14. The highest BCUT2D eigenvalue weighted by molar-refractivity contribution is 7.88. The Balaban J connectivity index is 4.93. The van der Waals surface area contributed by atoms with Crippen LogP contribution in [0.2, 0.25) is 0 Å². The summed E-state index contributed by atoms with van der Waals surface area (Å²) < 4.78 is 26.3. The maximum atomic E-state index is 11.0. The Hall–Kier alpha value is -2.04. The molecule has 0 unspecified atom stereocenters. The number of carbonyl (C=O) groups excluding carboxylic acids is 1. The summed E-state index contributed by atoms with van der Waals surface area (Å²) in [5.74, 6) is -0.671. The van der Waals surface area contributed by atoms with Crippen LogP contribution in [0.1, 0.15) is 0 Å². The molecule has 10 nitrogen and oxygen atoms in total. The van der Waals surface area contributed by atoms with E-state index in [2.05, 4.69) is 15.1 Å². The fraction of sp³-hybridized carbons (Fsp3) is 0.400. The van der Waals surface area contributed by atoms with E-state index in [1.54, 1.807) is 14.1 Å². The highest BCUT2D eigenvalue weighted by Crippen LogP contribution is 1.87. The fourth-order valence-corrected chi connectivity index (χ4v) is 1.10. The summed E-state index contributed by atoms with van der Waals surface area (Å²) in [4.78, 5) is 15.1. The van der Waals surface area contributed by atoms with Gasteiger partial charge < -0.3 is 22.1 Å². The molecule has 0 spiro atoms. The lowest BCUT2D eigenvalue weighted by atomic mass is 10.8.